The minimum absolute atomic E-state index is 0.00107. The molecule has 0 heterocycles. The fourth-order valence-corrected chi connectivity index (χ4v) is 3.20. The van der Waals surface area contributed by atoms with Crippen molar-refractivity contribution in [2.24, 2.45) is 0 Å². The summed E-state index contributed by atoms with van der Waals surface area (Å²) >= 11 is 0. The molecule has 0 fully saturated rings. The van der Waals surface area contributed by atoms with Crippen molar-refractivity contribution in [3.8, 4) is 0 Å². The quantitative estimate of drug-likeness (QED) is 0.133. The van der Waals surface area contributed by atoms with Gasteiger partial charge in [0.15, 0.2) is 0 Å². The van der Waals surface area contributed by atoms with Gasteiger partial charge in [-0.15, -0.1) is 0 Å². The Hall–Kier alpha value is -0.610. The Morgan fingerprint density at radius 1 is 0.778 bits per heavy atom. The van der Waals surface area contributed by atoms with E-state index in [1.54, 1.807) is 0 Å². The molecule has 0 saturated carbocycles. The van der Waals surface area contributed by atoms with Crippen LogP contribution >= 0.6 is 0 Å². The zero-order valence-electron chi connectivity index (χ0n) is 18.8. The number of hydrogen-bond acceptors (Lipinski definition) is 4. The third-order valence-electron chi connectivity index (χ3n) is 5.01. The molecule has 0 amide bonds. The first-order chi connectivity index (χ1) is 13.1. The van der Waals surface area contributed by atoms with Crippen LogP contribution in [0.1, 0.15) is 117 Å². The molecule has 0 bridgehead atoms. The molecule has 0 aromatic carbocycles. The maximum Gasteiger partial charge on any atom is 0.342 e. The molecule has 0 aliphatic rings. The smallest absolute Gasteiger partial charge is 0.309 e. The van der Waals surface area contributed by atoms with Gasteiger partial charge in [-0.1, -0.05) is 84.0 Å². The Morgan fingerprint density at radius 2 is 1.30 bits per heavy atom. The molecule has 4 nitrogen and oxygen atoms in total. The van der Waals surface area contributed by atoms with Gasteiger partial charge in [0.05, 0.1) is 0 Å². The molecule has 0 spiro atoms. The summed E-state index contributed by atoms with van der Waals surface area (Å²) in [6.07, 6.45) is 19.5. The minimum atomic E-state index is -0.240. The Kier molecular flexibility index (Phi) is 19.7. The highest BCUT2D eigenvalue weighted by Gasteiger charge is 2.08. The van der Waals surface area contributed by atoms with Crippen molar-refractivity contribution in [1.29, 1.82) is 0 Å². The van der Waals surface area contributed by atoms with E-state index in [0.717, 1.165) is 32.2 Å². The van der Waals surface area contributed by atoms with Gasteiger partial charge in [-0.05, 0) is 46.8 Å². The van der Waals surface area contributed by atoms with Crippen LogP contribution in [0.3, 0.4) is 0 Å². The number of rotatable bonds is 20. The average molecular weight is 386 g/mol. The first-order valence-corrected chi connectivity index (χ1v) is 11.6. The lowest BCUT2D eigenvalue weighted by atomic mass is 10.0. The van der Waals surface area contributed by atoms with E-state index in [4.69, 9.17) is 9.78 Å². The molecule has 4 heteroatoms. The Labute approximate surface area is 169 Å². The summed E-state index contributed by atoms with van der Waals surface area (Å²) in [5.74, 6) is -0.240. The standard InChI is InChI=1S/C23H47NO3/c1-5-6-7-8-9-10-11-12-13-14-15-16-19-22(2)26-27-23(25)20-17-18-21-24(3)4/h22H,5-21H2,1-4H3. The predicted molar refractivity (Wildman–Crippen MR) is 115 cm³/mol. The lowest BCUT2D eigenvalue weighted by Gasteiger charge is -2.11. The second-order valence-electron chi connectivity index (χ2n) is 8.30. The van der Waals surface area contributed by atoms with Gasteiger partial charge in [0.2, 0.25) is 0 Å². The molecule has 27 heavy (non-hydrogen) atoms. The third-order valence-corrected chi connectivity index (χ3v) is 5.01. The number of carbonyl (C=O) groups excluding carboxylic acids is 1. The monoisotopic (exact) mass is 385 g/mol. The van der Waals surface area contributed by atoms with E-state index < -0.39 is 0 Å². The predicted octanol–water partition coefficient (Wildman–Crippen LogP) is 6.67. The van der Waals surface area contributed by atoms with Gasteiger partial charge in [0.1, 0.15) is 6.10 Å². The van der Waals surface area contributed by atoms with Crippen molar-refractivity contribution in [2.75, 3.05) is 20.6 Å². The van der Waals surface area contributed by atoms with E-state index in [0.29, 0.717) is 6.42 Å². The SMILES string of the molecule is CCCCCCCCCCCCCCC(C)OOC(=O)CCCCN(C)C. The fourth-order valence-electron chi connectivity index (χ4n) is 3.20. The topological polar surface area (TPSA) is 38.8 Å². The lowest BCUT2D eigenvalue weighted by molar-refractivity contribution is -0.295. The van der Waals surface area contributed by atoms with Crippen molar-refractivity contribution in [3.63, 3.8) is 0 Å². The van der Waals surface area contributed by atoms with Crippen LogP contribution in [0, 0.1) is 0 Å². The second kappa shape index (κ2) is 20.1. The van der Waals surface area contributed by atoms with Crippen LogP contribution in [-0.2, 0) is 14.6 Å². The highest BCUT2D eigenvalue weighted by atomic mass is 17.2. The number of hydrogen-bond donors (Lipinski definition) is 0. The maximum atomic E-state index is 11.6. The molecule has 0 saturated heterocycles. The number of nitrogens with zero attached hydrogens (tertiary/aromatic N) is 1. The molecule has 0 rings (SSSR count). The largest absolute Gasteiger partial charge is 0.342 e. The normalized spacial score (nSPS) is 12.5. The summed E-state index contributed by atoms with van der Waals surface area (Å²) in [6, 6.07) is 0. The van der Waals surface area contributed by atoms with Crippen molar-refractivity contribution < 1.29 is 14.6 Å². The van der Waals surface area contributed by atoms with Gasteiger partial charge in [-0.3, -0.25) is 4.89 Å². The van der Waals surface area contributed by atoms with E-state index in [2.05, 4.69) is 11.8 Å². The van der Waals surface area contributed by atoms with Gasteiger partial charge in [-0.2, -0.15) is 4.89 Å². The van der Waals surface area contributed by atoms with Gasteiger partial charge < -0.3 is 4.90 Å². The highest BCUT2D eigenvalue weighted by Crippen LogP contribution is 2.13. The van der Waals surface area contributed by atoms with Crippen LogP contribution in [0.25, 0.3) is 0 Å². The Bertz CT molecular complexity index is 321. The van der Waals surface area contributed by atoms with Crippen molar-refractivity contribution in [3.05, 3.63) is 0 Å². The van der Waals surface area contributed by atoms with Gasteiger partial charge in [-0.25, -0.2) is 4.79 Å². The van der Waals surface area contributed by atoms with E-state index in [9.17, 15) is 4.79 Å². The molecule has 0 N–H and O–H groups in total. The molecule has 0 aliphatic carbocycles. The van der Waals surface area contributed by atoms with E-state index >= 15 is 0 Å². The molecule has 0 aromatic heterocycles. The summed E-state index contributed by atoms with van der Waals surface area (Å²) in [5, 5.41) is 0. The average Bonchev–Trinajstić information content (AvgIpc) is 2.64. The van der Waals surface area contributed by atoms with Crippen molar-refractivity contribution in [1.82, 2.24) is 4.90 Å². The van der Waals surface area contributed by atoms with Crippen LogP contribution in [0.15, 0.2) is 0 Å². The van der Waals surface area contributed by atoms with Crippen LogP contribution < -0.4 is 0 Å². The van der Waals surface area contributed by atoms with Gasteiger partial charge in [0, 0.05) is 6.42 Å². The molecular weight excluding hydrogens is 338 g/mol. The van der Waals surface area contributed by atoms with E-state index in [1.165, 1.54) is 70.6 Å². The number of unbranched alkanes of at least 4 members (excludes halogenated alkanes) is 12. The first-order valence-electron chi connectivity index (χ1n) is 11.6. The Morgan fingerprint density at radius 3 is 1.81 bits per heavy atom. The third kappa shape index (κ3) is 21.5. The van der Waals surface area contributed by atoms with Crippen LogP contribution in [0.2, 0.25) is 0 Å². The van der Waals surface area contributed by atoms with E-state index in [1.807, 2.05) is 21.0 Å². The second-order valence-corrected chi connectivity index (χ2v) is 8.30. The highest BCUT2D eigenvalue weighted by molar-refractivity contribution is 5.68. The minimum Gasteiger partial charge on any atom is -0.309 e. The van der Waals surface area contributed by atoms with Crippen LogP contribution in [-0.4, -0.2) is 37.6 Å². The maximum absolute atomic E-state index is 11.6. The summed E-state index contributed by atoms with van der Waals surface area (Å²) < 4.78 is 0. The molecule has 0 radical (unpaired) electrons. The summed E-state index contributed by atoms with van der Waals surface area (Å²) in [4.78, 5) is 23.9. The molecule has 1 atom stereocenters. The zero-order valence-corrected chi connectivity index (χ0v) is 18.8. The van der Waals surface area contributed by atoms with Crippen LogP contribution in [0.4, 0.5) is 0 Å². The Balaban J connectivity index is 3.29. The molecule has 162 valence electrons. The fraction of sp³-hybridized carbons (Fsp3) is 0.957. The van der Waals surface area contributed by atoms with Crippen molar-refractivity contribution >= 4 is 5.97 Å². The molecule has 1 unspecified atom stereocenters. The van der Waals surface area contributed by atoms with Gasteiger partial charge >= 0.3 is 5.97 Å². The van der Waals surface area contributed by atoms with Crippen LogP contribution in [0.5, 0.6) is 0 Å². The number of carbonyl (C=O) groups is 1. The summed E-state index contributed by atoms with van der Waals surface area (Å²) in [5.41, 5.74) is 0. The lowest BCUT2D eigenvalue weighted by Crippen LogP contribution is -2.15. The summed E-state index contributed by atoms with van der Waals surface area (Å²) in [7, 11) is 4.08. The van der Waals surface area contributed by atoms with E-state index in [-0.39, 0.29) is 12.1 Å². The molecule has 0 aliphatic heterocycles. The van der Waals surface area contributed by atoms with Gasteiger partial charge in [0.25, 0.3) is 0 Å². The molecule has 0 aromatic rings. The summed E-state index contributed by atoms with van der Waals surface area (Å²) in [6.45, 7) is 5.26. The first kappa shape index (κ1) is 26.4. The molecular formula is C23H47NO3. The zero-order chi connectivity index (χ0) is 20.2. The van der Waals surface area contributed by atoms with Crippen molar-refractivity contribution in [2.45, 2.75) is 123 Å².